The summed E-state index contributed by atoms with van der Waals surface area (Å²) in [5, 5.41) is 0. The number of hydrogen-bond acceptors (Lipinski definition) is 4. The van der Waals surface area contributed by atoms with Crippen LogP contribution in [0.4, 0.5) is 0 Å². The highest BCUT2D eigenvalue weighted by molar-refractivity contribution is 7.89. The molecule has 1 aliphatic rings. The number of sulfonamides is 1. The van der Waals surface area contributed by atoms with Gasteiger partial charge >= 0.3 is 0 Å². The Morgan fingerprint density at radius 3 is 2.43 bits per heavy atom. The van der Waals surface area contributed by atoms with Crippen LogP contribution in [0.25, 0.3) is 0 Å². The van der Waals surface area contributed by atoms with Crippen LogP contribution in [0.1, 0.15) is 24.3 Å². The van der Waals surface area contributed by atoms with Gasteiger partial charge in [-0.3, -0.25) is 4.79 Å². The average Bonchev–Trinajstić information content (AvgIpc) is 2.79. The van der Waals surface area contributed by atoms with Gasteiger partial charge in [0.1, 0.15) is 10.6 Å². The lowest BCUT2D eigenvalue weighted by Crippen LogP contribution is -2.48. The Hall–Kier alpha value is -1.38. The maximum Gasteiger partial charge on any atom is 0.270 e. The molecule has 7 nitrogen and oxygen atoms in total. The molecule has 0 aliphatic carbocycles. The molecule has 1 aromatic heterocycles. The fourth-order valence-corrected chi connectivity index (χ4v) is 3.32. The lowest BCUT2D eigenvalue weighted by atomic mass is 10.2. The zero-order chi connectivity index (χ0) is 15.8. The number of rotatable bonds is 3. The molecule has 21 heavy (non-hydrogen) atoms. The maximum atomic E-state index is 12.6. The number of morpholine rings is 1. The van der Waals surface area contributed by atoms with Gasteiger partial charge in [-0.2, -0.15) is 0 Å². The molecule has 1 fully saturated rings. The van der Waals surface area contributed by atoms with Crippen LogP contribution >= 0.6 is 0 Å². The van der Waals surface area contributed by atoms with Gasteiger partial charge in [-0.1, -0.05) is 0 Å². The van der Waals surface area contributed by atoms with Crippen molar-refractivity contribution in [1.29, 1.82) is 0 Å². The van der Waals surface area contributed by atoms with Gasteiger partial charge < -0.3 is 14.2 Å². The number of aromatic nitrogens is 1. The number of nitrogens with one attached hydrogen (secondary N) is 1. The summed E-state index contributed by atoms with van der Waals surface area (Å²) in [4.78, 5) is 14.4. The zero-order valence-electron chi connectivity index (χ0n) is 12.7. The molecule has 8 heteroatoms. The van der Waals surface area contributed by atoms with Crippen LogP contribution in [0, 0.1) is 0 Å². The van der Waals surface area contributed by atoms with E-state index in [1.165, 1.54) is 23.9 Å². The summed E-state index contributed by atoms with van der Waals surface area (Å²) in [6, 6.07) is 1.40. The highest BCUT2D eigenvalue weighted by Gasteiger charge is 2.29. The third-order valence-electron chi connectivity index (χ3n) is 3.48. The normalized spacial score (nSPS) is 23.3. The van der Waals surface area contributed by atoms with Crippen LogP contribution < -0.4 is 4.72 Å². The van der Waals surface area contributed by atoms with Crippen LogP contribution in [-0.2, 0) is 21.8 Å². The van der Waals surface area contributed by atoms with Crippen LogP contribution in [0.5, 0.6) is 0 Å². The van der Waals surface area contributed by atoms with Crippen LogP contribution in [0.15, 0.2) is 17.2 Å². The Kier molecular flexibility index (Phi) is 4.40. The van der Waals surface area contributed by atoms with Gasteiger partial charge in [-0.15, -0.1) is 0 Å². The van der Waals surface area contributed by atoms with E-state index in [4.69, 9.17) is 4.74 Å². The summed E-state index contributed by atoms with van der Waals surface area (Å²) < 4.78 is 33.0. The molecule has 0 unspecified atom stereocenters. The van der Waals surface area contributed by atoms with Crippen molar-refractivity contribution in [3.05, 3.63) is 18.0 Å². The Bertz CT molecular complexity index is 628. The quantitative estimate of drug-likeness (QED) is 0.863. The first-order chi connectivity index (χ1) is 9.74. The third-order valence-corrected chi connectivity index (χ3v) is 4.87. The standard InChI is InChI=1S/C13H21N3O4S/c1-9-6-16(7-10(2)20-9)13(17)12-5-11(8-15(12)4)21(18,19)14-3/h5,8-10,14H,6-7H2,1-4H3/t9-,10+. The second-order valence-corrected chi connectivity index (χ2v) is 7.23. The van der Waals surface area contributed by atoms with Crippen molar-refractivity contribution >= 4 is 15.9 Å². The molecule has 1 aromatic rings. The third kappa shape index (κ3) is 3.28. The van der Waals surface area contributed by atoms with E-state index in [-0.39, 0.29) is 23.0 Å². The minimum Gasteiger partial charge on any atom is -0.372 e. The van der Waals surface area contributed by atoms with Crippen LogP contribution in [-0.4, -0.2) is 56.1 Å². The number of carbonyl (C=O) groups is 1. The number of amides is 1. The first kappa shape index (κ1) is 16.0. The molecular weight excluding hydrogens is 294 g/mol. The topological polar surface area (TPSA) is 80.6 Å². The number of hydrogen-bond donors (Lipinski definition) is 1. The van der Waals surface area contributed by atoms with E-state index in [1.807, 2.05) is 13.8 Å². The fraction of sp³-hybridized carbons (Fsp3) is 0.615. The van der Waals surface area contributed by atoms with E-state index in [0.717, 1.165) is 0 Å². The van der Waals surface area contributed by atoms with Crippen molar-refractivity contribution in [2.45, 2.75) is 31.0 Å². The maximum absolute atomic E-state index is 12.6. The van der Waals surface area contributed by atoms with E-state index in [0.29, 0.717) is 18.8 Å². The molecule has 1 amide bonds. The molecule has 118 valence electrons. The minimum absolute atomic E-state index is 0.0292. The van der Waals surface area contributed by atoms with E-state index < -0.39 is 10.0 Å². The Morgan fingerprint density at radius 1 is 1.33 bits per heavy atom. The molecule has 0 aromatic carbocycles. The Labute approximate surface area is 124 Å². The average molecular weight is 315 g/mol. The van der Waals surface area contributed by atoms with Gasteiger partial charge in [0, 0.05) is 26.3 Å². The lowest BCUT2D eigenvalue weighted by molar-refractivity contribution is -0.0588. The summed E-state index contributed by atoms with van der Waals surface area (Å²) in [7, 11) is -0.548. The van der Waals surface area contributed by atoms with E-state index in [2.05, 4.69) is 4.72 Å². The van der Waals surface area contributed by atoms with Crippen LogP contribution in [0.2, 0.25) is 0 Å². The summed E-state index contributed by atoms with van der Waals surface area (Å²) in [6.07, 6.45) is 1.38. The van der Waals surface area contributed by atoms with Crippen molar-refractivity contribution in [3.63, 3.8) is 0 Å². The summed E-state index contributed by atoms with van der Waals surface area (Å²) in [5.74, 6) is -0.183. The fourth-order valence-electron chi connectivity index (χ4n) is 2.52. The predicted molar refractivity (Wildman–Crippen MR) is 77.6 cm³/mol. The van der Waals surface area contributed by atoms with Gasteiger partial charge in [-0.05, 0) is 27.0 Å². The summed E-state index contributed by atoms with van der Waals surface area (Å²) in [5.41, 5.74) is 0.352. The number of ether oxygens (including phenoxy) is 1. The first-order valence-corrected chi connectivity index (χ1v) is 8.27. The van der Waals surface area contributed by atoms with E-state index in [9.17, 15) is 13.2 Å². The Morgan fingerprint density at radius 2 is 1.90 bits per heavy atom. The van der Waals surface area contributed by atoms with Crippen molar-refractivity contribution < 1.29 is 17.9 Å². The minimum atomic E-state index is -3.55. The number of aryl methyl sites for hydroxylation is 1. The molecule has 1 aliphatic heterocycles. The van der Waals surface area contributed by atoms with Crippen molar-refractivity contribution in [1.82, 2.24) is 14.2 Å². The van der Waals surface area contributed by atoms with Crippen molar-refractivity contribution in [2.24, 2.45) is 7.05 Å². The molecular formula is C13H21N3O4S. The smallest absolute Gasteiger partial charge is 0.270 e. The molecule has 2 rings (SSSR count). The van der Waals surface area contributed by atoms with Gasteiger partial charge in [0.15, 0.2) is 0 Å². The largest absolute Gasteiger partial charge is 0.372 e. The Balaban J connectivity index is 2.28. The molecule has 2 atom stereocenters. The first-order valence-electron chi connectivity index (χ1n) is 6.79. The predicted octanol–water partition coefficient (Wildman–Crippen LogP) is 0.183. The highest BCUT2D eigenvalue weighted by Crippen LogP contribution is 2.18. The number of carbonyl (C=O) groups excluding carboxylic acids is 1. The zero-order valence-corrected chi connectivity index (χ0v) is 13.5. The lowest BCUT2D eigenvalue weighted by Gasteiger charge is -2.35. The highest BCUT2D eigenvalue weighted by atomic mass is 32.2. The van der Waals surface area contributed by atoms with Crippen molar-refractivity contribution in [2.75, 3.05) is 20.1 Å². The van der Waals surface area contributed by atoms with E-state index in [1.54, 1.807) is 11.9 Å². The number of nitrogens with zero attached hydrogens (tertiary/aromatic N) is 2. The molecule has 0 bridgehead atoms. The second kappa shape index (κ2) is 5.78. The molecule has 0 spiro atoms. The molecule has 2 heterocycles. The van der Waals surface area contributed by atoms with Gasteiger partial charge in [0.25, 0.3) is 5.91 Å². The van der Waals surface area contributed by atoms with Crippen LogP contribution in [0.3, 0.4) is 0 Å². The van der Waals surface area contributed by atoms with Gasteiger partial charge in [0.2, 0.25) is 10.0 Å². The SMILES string of the molecule is CNS(=O)(=O)c1cc(C(=O)N2C[C@@H](C)O[C@@H](C)C2)n(C)c1. The van der Waals surface area contributed by atoms with E-state index >= 15 is 0 Å². The van der Waals surface area contributed by atoms with Gasteiger partial charge in [-0.25, -0.2) is 13.1 Å². The summed E-state index contributed by atoms with van der Waals surface area (Å²) in [6.45, 7) is 4.83. The second-order valence-electron chi connectivity index (χ2n) is 5.35. The summed E-state index contributed by atoms with van der Waals surface area (Å²) >= 11 is 0. The molecule has 0 saturated carbocycles. The molecule has 0 radical (unpaired) electrons. The monoisotopic (exact) mass is 315 g/mol. The van der Waals surface area contributed by atoms with Crippen molar-refractivity contribution in [3.8, 4) is 0 Å². The molecule has 1 N–H and O–H groups in total. The molecule has 1 saturated heterocycles. The van der Waals surface area contributed by atoms with Gasteiger partial charge in [0.05, 0.1) is 12.2 Å².